The highest BCUT2D eigenvalue weighted by molar-refractivity contribution is 5.89. The van der Waals surface area contributed by atoms with Gasteiger partial charge in [0.1, 0.15) is 31.0 Å². The fourth-order valence-corrected chi connectivity index (χ4v) is 3.86. The van der Waals surface area contributed by atoms with Crippen molar-refractivity contribution in [3.63, 3.8) is 0 Å². The summed E-state index contributed by atoms with van der Waals surface area (Å²) in [6.07, 6.45) is 1.84. The van der Waals surface area contributed by atoms with Gasteiger partial charge in [0.15, 0.2) is 6.29 Å². The number of esters is 1. The molecule has 1 aliphatic carbocycles. The Balaban J connectivity index is 1.64. The van der Waals surface area contributed by atoms with Crippen LogP contribution in [0.3, 0.4) is 0 Å². The highest BCUT2D eigenvalue weighted by Crippen LogP contribution is 2.30. The Morgan fingerprint density at radius 1 is 1.07 bits per heavy atom. The molecule has 0 aromatic heterocycles. The van der Waals surface area contributed by atoms with Gasteiger partial charge in [-0.3, -0.25) is 0 Å². The quantitative estimate of drug-likeness (QED) is 0.711. The van der Waals surface area contributed by atoms with Crippen LogP contribution in [-0.2, 0) is 23.7 Å². The van der Waals surface area contributed by atoms with E-state index in [4.69, 9.17) is 23.7 Å². The van der Waals surface area contributed by atoms with Crippen LogP contribution in [0.5, 0.6) is 0 Å². The molecule has 1 saturated heterocycles. The van der Waals surface area contributed by atoms with Crippen molar-refractivity contribution in [2.24, 2.45) is 0 Å². The summed E-state index contributed by atoms with van der Waals surface area (Å²) in [6, 6.07) is 8.70. The molecule has 2 fully saturated rings. The number of carbonyl (C=O) groups is 1. The first kappa shape index (κ1) is 21.2. The third-order valence-electron chi connectivity index (χ3n) is 5.43. The molecule has 0 amide bonds. The van der Waals surface area contributed by atoms with Crippen molar-refractivity contribution in [2.45, 2.75) is 68.9 Å². The smallest absolute Gasteiger partial charge is 0.338 e. The molecular weight excluding hydrogens is 364 g/mol. The van der Waals surface area contributed by atoms with Gasteiger partial charge < -0.3 is 28.8 Å². The van der Waals surface area contributed by atoms with Gasteiger partial charge in [0.2, 0.25) is 0 Å². The number of rotatable bonds is 7. The fourth-order valence-electron chi connectivity index (χ4n) is 3.86. The molecule has 1 saturated carbocycles. The van der Waals surface area contributed by atoms with E-state index in [0.29, 0.717) is 5.56 Å². The van der Waals surface area contributed by atoms with Crippen LogP contribution in [0, 0.1) is 0 Å². The molecule has 28 heavy (non-hydrogen) atoms. The predicted molar refractivity (Wildman–Crippen MR) is 101 cm³/mol. The van der Waals surface area contributed by atoms with Crippen molar-refractivity contribution < 1.29 is 33.6 Å². The number of carbonyl (C=O) groups excluding carboxylic acids is 1. The Morgan fingerprint density at radius 2 is 1.75 bits per heavy atom. The van der Waals surface area contributed by atoms with E-state index in [1.54, 1.807) is 31.4 Å². The molecule has 2 aliphatic rings. The molecule has 156 valence electrons. The van der Waals surface area contributed by atoms with Gasteiger partial charge in [-0.15, -0.1) is 0 Å². The van der Waals surface area contributed by atoms with Crippen molar-refractivity contribution in [3.8, 4) is 0 Å². The second-order valence-electron chi connectivity index (χ2n) is 7.29. The summed E-state index contributed by atoms with van der Waals surface area (Å²) in [5.74, 6) is -0.469. The first-order chi connectivity index (χ1) is 13.6. The van der Waals surface area contributed by atoms with Crippen LogP contribution in [0.4, 0.5) is 0 Å². The lowest BCUT2D eigenvalue weighted by atomic mass is 9.96. The van der Waals surface area contributed by atoms with Gasteiger partial charge >= 0.3 is 5.97 Å². The van der Waals surface area contributed by atoms with E-state index in [-0.39, 0.29) is 12.7 Å². The first-order valence-corrected chi connectivity index (χ1v) is 9.90. The maximum Gasteiger partial charge on any atom is 0.338 e. The second kappa shape index (κ2) is 10.3. The summed E-state index contributed by atoms with van der Waals surface area (Å²) >= 11 is 0. The number of aliphatic hydroxyl groups is 1. The number of ether oxygens (including phenoxy) is 5. The lowest BCUT2D eigenvalue weighted by Gasteiger charge is -2.44. The van der Waals surface area contributed by atoms with Crippen LogP contribution in [0.25, 0.3) is 0 Å². The largest absolute Gasteiger partial charge is 0.459 e. The zero-order chi connectivity index (χ0) is 19.9. The molecule has 1 aliphatic heterocycles. The zero-order valence-corrected chi connectivity index (χ0v) is 16.5. The Hall–Kier alpha value is -1.51. The van der Waals surface area contributed by atoms with Crippen molar-refractivity contribution in [3.05, 3.63) is 35.9 Å². The second-order valence-corrected chi connectivity index (χ2v) is 7.29. The summed E-state index contributed by atoms with van der Waals surface area (Å²) in [4.78, 5) is 12.2. The molecule has 7 nitrogen and oxygen atoms in total. The molecule has 0 radical (unpaired) electrons. The van der Waals surface area contributed by atoms with Gasteiger partial charge in [-0.25, -0.2) is 4.79 Å². The summed E-state index contributed by atoms with van der Waals surface area (Å²) in [6.45, 7) is -0.101. The average molecular weight is 394 g/mol. The highest BCUT2D eigenvalue weighted by Gasteiger charge is 2.47. The van der Waals surface area contributed by atoms with Gasteiger partial charge in [0.05, 0.1) is 11.7 Å². The van der Waals surface area contributed by atoms with Crippen LogP contribution in [0.2, 0.25) is 0 Å². The van der Waals surface area contributed by atoms with E-state index in [1.807, 2.05) is 6.07 Å². The molecular formula is C21H30O7. The Kier molecular flexibility index (Phi) is 7.82. The Morgan fingerprint density at radius 3 is 2.39 bits per heavy atom. The molecule has 0 bridgehead atoms. The molecule has 5 atom stereocenters. The van der Waals surface area contributed by atoms with Gasteiger partial charge in [-0.1, -0.05) is 37.5 Å². The van der Waals surface area contributed by atoms with Crippen molar-refractivity contribution >= 4 is 5.97 Å². The van der Waals surface area contributed by atoms with E-state index < -0.39 is 36.7 Å². The van der Waals surface area contributed by atoms with Gasteiger partial charge in [-0.2, -0.15) is 0 Å². The maximum absolute atomic E-state index is 12.2. The van der Waals surface area contributed by atoms with E-state index in [9.17, 15) is 9.90 Å². The van der Waals surface area contributed by atoms with Crippen molar-refractivity contribution in [2.75, 3.05) is 20.8 Å². The minimum absolute atomic E-state index is 0.0941. The minimum atomic E-state index is -1.01. The molecule has 0 spiro atoms. The van der Waals surface area contributed by atoms with Crippen LogP contribution < -0.4 is 0 Å². The third kappa shape index (κ3) is 5.10. The third-order valence-corrected chi connectivity index (χ3v) is 5.43. The SMILES string of the molecule is CO[C@H]1[C@@H](OC2CCCCC2)O[C@H](COC(=O)c2ccccc2)[C@@H](O)[C@@H]1OC. The number of hydrogen-bond acceptors (Lipinski definition) is 7. The molecule has 1 heterocycles. The summed E-state index contributed by atoms with van der Waals surface area (Å²) in [5.41, 5.74) is 0.445. The normalized spacial score (nSPS) is 31.5. The summed E-state index contributed by atoms with van der Waals surface area (Å²) in [5, 5.41) is 10.7. The van der Waals surface area contributed by atoms with Crippen molar-refractivity contribution in [1.82, 2.24) is 0 Å². The average Bonchev–Trinajstić information content (AvgIpc) is 2.74. The number of methoxy groups -OCH3 is 2. The topological polar surface area (TPSA) is 83.5 Å². The highest BCUT2D eigenvalue weighted by atomic mass is 16.7. The number of hydrogen-bond donors (Lipinski definition) is 1. The van der Waals surface area contributed by atoms with Crippen LogP contribution in [0.1, 0.15) is 42.5 Å². The first-order valence-electron chi connectivity index (χ1n) is 9.90. The van der Waals surface area contributed by atoms with E-state index in [0.717, 1.165) is 25.7 Å². The lowest BCUT2D eigenvalue weighted by Crippen LogP contribution is -2.61. The number of aliphatic hydroxyl groups excluding tert-OH is 1. The Bertz CT molecular complexity index is 602. The molecule has 1 N–H and O–H groups in total. The van der Waals surface area contributed by atoms with Crippen LogP contribution in [-0.4, -0.2) is 68.7 Å². The van der Waals surface area contributed by atoms with Gasteiger partial charge in [0.25, 0.3) is 0 Å². The summed E-state index contributed by atoms with van der Waals surface area (Å²) < 4.78 is 28.5. The van der Waals surface area contributed by atoms with Crippen molar-refractivity contribution in [1.29, 1.82) is 0 Å². The van der Waals surface area contributed by atoms with E-state index in [2.05, 4.69) is 0 Å². The summed E-state index contributed by atoms with van der Waals surface area (Å²) in [7, 11) is 3.05. The Labute approximate surface area is 165 Å². The minimum Gasteiger partial charge on any atom is -0.459 e. The standard InChI is InChI=1S/C21H30O7/c1-24-18-17(22)16(13-26-20(23)14-9-5-3-6-10-14)28-21(19(18)25-2)27-15-11-7-4-8-12-15/h3,5-6,9-10,15-19,21-22H,4,7-8,11-13H2,1-2H3/t16-,17-,18+,19-,21+/m1/s1. The molecule has 0 unspecified atom stereocenters. The maximum atomic E-state index is 12.2. The van der Waals surface area contributed by atoms with Gasteiger partial charge in [-0.05, 0) is 25.0 Å². The molecule has 3 rings (SSSR count). The van der Waals surface area contributed by atoms with Crippen LogP contribution in [0.15, 0.2) is 30.3 Å². The van der Waals surface area contributed by atoms with Crippen LogP contribution >= 0.6 is 0 Å². The van der Waals surface area contributed by atoms with E-state index >= 15 is 0 Å². The molecule has 7 heteroatoms. The fraction of sp³-hybridized carbons (Fsp3) is 0.667. The molecule has 1 aromatic carbocycles. The molecule has 1 aromatic rings. The lowest BCUT2D eigenvalue weighted by molar-refractivity contribution is -0.320. The predicted octanol–water partition coefficient (Wildman–Crippen LogP) is 2.31. The van der Waals surface area contributed by atoms with E-state index in [1.165, 1.54) is 13.5 Å². The zero-order valence-electron chi connectivity index (χ0n) is 16.5. The number of benzene rings is 1. The monoisotopic (exact) mass is 394 g/mol. The van der Waals surface area contributed by atoms with Gasteiger partial charge in [0, 0.05) is 14.2 Å².